The predicted octanol–water partition coefficient (Wildman–Crippen LogP) is 0.219. The second kappa shape index (κ2) is 2.44. The van der Waals surface area contributed by atoms with E-state index in [1.165, 1.54) is 0 Å². The van der Waals surface area contributed by atoms with Crippen LogP contribution in [0.2, 0.25) is 0 Å². The SMILES string of the molecule is CN(C)c1ncc2[nH][c]nc2n1. The maximum absolute atomic E-state index is 4.18. The van der Waals surface area contributed by atoms with Crippen LogP contribution in [-0.4, -0.2) is 34.0 Å². The molecule has 0 saturated carbocycles. The van der Waals surface area contributed by atoms with E-state index in [0.29, 0.717) is 11.6 Å². The summed E-state index contributed by atoms with van der Waals surface area (Å²) in [5.41, 5.74) is 1.45. The molecule has 12 heavy (non-hydrogen) atoms. The van der Waals surface area contributed by atoms with E-state index in [4.69, 9.17) is 0 Å². The number of hydrogen-bond donors (Lipinski definition) is 1. The molecule has 0 saturated heterocycles. The molecule has 0 aromatic carbocycles. The van der Waals surface area contributed by atoms with Crippen molar-refractivity contribution in [3.05, 3.63) is 12.5 Å². The fourth-order valence-electron chi connectivity index (χ4n) is 0.894. The number of imidazole rings is 1. The van der Waals surface area contributed by atoms with E-state index in [1.807, 2.05) is 19.0 Å². The van der Waals surface area contributed by atoms with Crippen molar-refractivity contribution in [2.45, 2.75) is 0 Å². The lowest BCUT2D eigenvalue weighted by atomic mass is 10.5. The Morgan fingerprint density at radius 3 is 3.08 bits per heavy atom. The Kier molecular flexibility index (Phi) is 1.43. The molecule has 0 spiro atoms. The normalized spacial score (nSPS) is 10.5. The molecular formula is C7H8N5. The van der Waals surface area contributed by atoms with Gasteiger partial charge in [0.05, 0.1) is 6.20 Å². The van der Waals surface area contributed by atoms with Crippen molar-refractivity contribution >= 4 is 17.1 Å². The fraction of sp³-hybridized carbons (Fsp3) is 0.286. The topological polar surface area (TPSA) is 57.7 Å². The van der Waals surface area contributed by atoms with Crippen molar-refractivity contribution in [3.8, 4) is 0 Å². The first kappa shape index (κ1) is 7.02. The summed E-state index contributed by atoms with van der Waals surface area (Å²) in [5.74, 6) is 0.656. The minimum absolute atomic E-state index is 0.647. The summed E-state index contributed by atoms with van der Waals surface area (Å²) >= 11 is 0. The second-order valence-corrected chi connectivity index (χ2v) is 2.65. The lowest BCUT2D eigenvalue weighted by molar-refractivity contribution is 1.01. The van der Waals surface area contributed by atoms with Crippen molar-refractivity contribution in [1.82, 2.24) is 19.9 Å². The monoisotopic (exact) mass is 162 g/mol. The van der Waals surface area contributed by atoms with Crippen LogP contribution in [0, 0.1) is 6.33 Å². The Balaban J connectivity index is 2.60. The summed E-state index contributed by atoms with van der Waals surface area (Å²) in [7, 11) is 3.77. The van der Waals surface area contributed by atoms with Gasteiger partial charge in [-0.15, -0.1) is 0 Å². The van der Waals surface area contributed by atoms with Gasteiger partial charge in [0.2, 0.25) is 5.95 Å². The van der Waals surface area contributed by atoms with Gasteiger partial charge in [0.1, 0.15) is 5.52 Å². The maximum atomic E-state index is 4.18. The number of hydrogen-bond acceptors (Lipinski definition) is 4. The quantitative estimate of drug-likeness (QED) is 0.651. The van der Waals surface area contributed by atoms with Crippen LogP contribution >= 0.6 is 0 Å². The van der Waals surface area contributed by atoms with E-state index >= 15 is 0 Å². The first-order valence-corrected chi connectivity index (χ1v) is 3.53. The molecule has 0 aliphatic heterocycles. The summed E-state index contributed by atoms with van der Waals surface area (Å²) < 4.78 is 0. The third kappa shape index (κ3) is 0.990. The fourth-order valence-corrected chi connectivity index (χ4v) is 0.894. The van der Waals surface area contributed by atoms with Crippen molar-refractivity contribution < 1.29 is 0 Å². The van der Waals surface area contributed by atoms with Crippen LogP contribution in [0.5, 0.6) is 0 Å². The lowest BCUT2D eigenvalue weighted by Crippen LogP contribution is -2.12. The molecule has 0 amide bonds. The van der Waals surface area contributed by atoms with Crippen molar-refractivity contribution in [2.24, 2.45) is 0 Å². The van der Waals surface area contributed by atoms with Crippen LogP contribution in [-0.2, 0) is 0 Å². The highest BCUT2D eigenvalue weighted by Gasteiger charge is 2.02. The number of nitrogens with one attached hydrogen (secondary N) is 1. The van der Waals surface area contributed by atoms with Gasteiger partial charge >= 0.3 is 0 Å². The molecule has 0 aliphatic carbocycles. The Bertz CT molecular complexity index is 391. The average Bonchev–Trinajstić information content (AvgIpc) is 2.49. The van der Waals surface area contributed by atoms with Crippen molar-refractivity contribution in [3.63, 3.8) is 0 Å². The number of rotatable bonds is 1. The number of aromatic amines is 1. The smallest absolute Gasteiger partial charge is 0.226 e. The molecule has 0 fully saturated rings. The molecule has 61 valence electrons. The first-order valence-electron chi connectivity index (χ1n) is 3.53. The number of anilines is 1. The van der Waals surface area contributed by atoms with E-state index in [-0.39, 0.29) is 0 Å². The molecule has 2 rings (SSSR count). The number of H-pyrrole nitrogens is 1. The zero-order valence-electron chi connectivity index (χ0n) is 6.87. The molecule has 2 aromatic heterocycles. The van der Waals surface area contributed by atoms with Crippen LogP contribution in [0.25, 0.3) is 11.2 Å². The Labute approximate surface area is 69.5 Å². The standard InChI is InChI=1S/C7H8N5/c1-12(2)7-8-3-5-6(11-7)10-4-9-5/h3H,1-2H3,(H,8,9,10,11). The van der Waals surface area contributed by atoms with Gasteiger partial charge in [-0.1, -0.05) is 0 Å². The molecule has 0 atom stereocenters. The zero-order chi connectivity index (χ0) is 8.55. The Morgan fingerprint density at radius 2 is 2.33 bits per heavy atom. The third-order valence-electron chi connectivity index (χ3n) is 1.51. The summed E-state index contributed by atoms with van der Waals surface area (Å²) in [6.07, 6.45) is 4.30. The molecule has 0 aliphatic rings. The third-order valence-corrected chi connectivity index (χ3v) is 1.51. The van der Waals surface area contributed by atoms with Crippen molar-refractivity contribution in [1.29, 1.82) is 0 Å². The van der Waals surface area contributed by atoms with E-state index in [0.717, 1.165) is 5.52 Å². The average molecular weight is 162 g/mol. The predicted molar refractivity (Wildman–Crippen MR) is 44.8 cm³/mol. The van der Waals surface area contributed by atoms with Crippen LogP contribution in [0.1, 0.15) is 0 Å². The molecular weight excluding hydrogens is 154 g/mol. The highest BCUT2D eigenvalue weighted by molar-refractivity contribution is 5.69. The minimum Gasteiger partial charge on any atom is -0.347 e. The molecule has 1 N–H and O–H groups in total. The molecule has 0 unspecified atom stereocenters. The molecule has 0 bridgehead atoms. The number of nitrogens with zero attached hydrogens (tertiary/aromatic N) is 4. The molecule has 1 radical (unpaired) electrons. The van der Waals surface area contributed by atoms with Gasteiger partial charge in [0.25, 0.3) is 0 Å². The summed E-state index contributed by atoms with van der Waals surface area (Å²) in [6, 6.07) is 0. The van der Waals surface area contributed by atoms with E-state index in [9.17, 15) is 0 Å². The summed E-state index contributed by atoms with van der Waals surface area (Å²) in [5, 5.41) is 0. The van der Waals surface area contributed by atoms with Crippen molar-refractivity contribution in [2.75, 3.05) is 19.0 Å². The number of aromatic nitrogens is 4. The summed E-state index contributed by atoms with van der Waals surface area (Å²) in [4.78, 5) is 16.8. The second-order valence-electron chi connectivity index (χ2n) is 2.65. The first-order chi connectivity index (χ1) is 5.77. The highest BCUT2D eigenvalue weighted by atomic mass is 15.2. The summed E-state index contributed by atoms with van der Waals surface area (Å²) in [6.45, 7) is 0. The van der Waals surface area contributed by atoms with Crippen LogP contribution in [0.15, 0.2) is 6.20 Å². The van der Waals surface area contributed by atoms with E-state index in [1.54, 1.807) is 6.20 Å². The van der Waals surface area contributed by atoms with Crippen LogP contribution in [0.4, 0.5) is 5.95 Å². The molecule has 5 heteroatoms. The van der Waals surface area contributed by atoms with Gasteiger partial charge in [-0.3, -0.25) is 0 Å². The van der Waals surface area contributed by atoms with Gasteiger partial charge in [0.15, 0.2) is 12.0 Å². The van der Waals surface area contributed by atoms with E-state index < -0.39 is 0 Å². The van der Waals surface area contributed by atoms with Crippen LogP contribution < -0.4 is 4.90 Å². The minimum atomic E-state index is 0.647. The largest absolute Gasteiger partial charge is 0.347 e. The lowest BCUT2D eigenvalue weighted by Gasteiger charge is -2.07. The Morgan fingerprint density at radius 1 is 1.50 bits per heavy atom. The zero-order valence-corrected chi connectivity index (χ0v) is 6.87. The molecule has 2 aromatic rings. The molecule has 2 heterocycles. The maximum Gasteiger partial charge on any atom is 0.226 e. The number of fused-ring (bicyclic) bond motifs is 1. The van der Waals surface area contributed by atoms with Gasteiger partial charge < -0.3 is 9.88 Å². The van der Waals surface area contributed by atoms with Crippen LogP contribution in [0.3, 0.4) is 0 Å². The van der Waals surface area contributed by atoms with E-state index in [2.05, 4.69) is 26.3 Å². The highest BCUT2D eigenvalue weighted by Crippen LogP contribution is 2.08. The van der Waals surface area contributed by atoms with Gasteiger partial charge in [-0.05, 0) is 0 Å². The Hall–Kier alpha value is -1.65. The van der Waals surface area contributed by atoms with Gasteiger partial charge in [-0.25, -0.2) is 9.97 Å². The van der Waals surface area contributed by atoms with Gasteiger partial charge in [-0.2, -0.15) is 4.98 Å². The van der Waals surface area contributed by atoms with Gasteiger partial charge in [0, 0.05) is 14.1 Å². The molecule has 5 nitrogen and oxygen atoms in total.